The quantitative estimate of drug-likeness (QED) is 0.271. The van der Waals surface area contributed by atoms with E-state index in [-0.39, 0.29) is 28.4 Å². The Hall–Kier alpha value is -4.63. The van der Waals surface area contributed by atoms with Gasteiger partial charge in [-0.1, -0.05) is 48.0 Å². The van der Waals surface area contributed by atoms with Gasteiger partial charge in [0.2, 0.25) is 0 Å². The van der Waals surface area contributed by atoms with Gasteiger partial charge < -0.3 is 14.4 Å². The van der Waals surface area contributed by atoms with Crippen LogP contribution in [0.15, 0.2) is 77.7 Å². The van der Waals surface area contributed by atoms with Gasteiger partial charge in [-0.3, -0.25) is 4.79 Å². The fourth-order valence-corrected chi connectivity index (χ4v) is 7.10. The van der Waals surface area contributed by atoms with E-state index in [0.717, 1.165) is 5.56 Å². The highest BCUT2D eigenvalue weighted by Gasteiger charge is 2.38. The molecule has 6 rings (SSSR count). The molecule has 1 aliphatic rings. The predicted molar refractivity (Wildman–Crippen MR) is 152 cm³/mol. The largest absolute Gasteiger partial charge is 0.497 e. The number of methoxy groups -OCH3 is 2. The number of aryl methyl sites for hydroxylation is 1. The SMILES string of the molecule is COC(=O)c1c(-c2ccc(OC)cc2)c2c(c3c4ccccc4n(S(=O)(=O)c4ccc(C)cc4)c13)C(=O)N(C)C2. The van der Waals surface area contributed by atoms with Crippen LogP contribution < -0.4 is 4.74 Å². The molecule has 0 radical (unpaired) electrons. The molecule has 0 saturated carbocycles. The average Bonchev–Trinajstić information content (AvgIpc) is 3.46. The van der Waals surface area contributed by atoms with Crippen LogP contribution in [-0.2, 0) is 21.3 Å². The second kappa shape index (κ2) is 9.24. The molecule has 0 saturated heterocycles. The van der Waals surface area contributed by atoms with Crippen LogP contribution in [0.4, 0.5) is 0 Å². The van der Waals surface area contributed by atoms with Gasteiger partial charge >= 0.3 is 5.97 Å². The lowest BCUT2D eigenvalue weighted by molar-refractivity contribution is 0.0603. The highest BCUT2D eigenvalue weighted by molar-refractivity contribution is 7.90. The molecule has 2 heterocycles. The van der Waals surface area contributed by atoms with Crippen LogP contribution in [-0.4, -0.2) is 50.4 Å². The summed E-state index contributed by atoms with van der Waals surface area (Å²) in [6, 6.07) is 20.6. The maximum Gasteiger partial charge on any atom is 0.340 e. The second-order valence-corrected chi connectivity index (χ2v) is 11.6. The Kier molecular flexibility index (Phi) is 5.92. The number of ether oxygens (including phenoxy) is 2. The summed E-state index contributed by atoms with van der Waals surface area (Å²) in [4.78, 5) is 29.0. The summed E-state index contributed by atoms with van der Waals surface area (Å²) in [7, 11) is 0.281. The summed E-state index contributed by atoms with van der Waals surface area (Å²) in [6.45, 7) is 2.12. The molecule has 9 heteroatoms. The van der Waals surface area contributed by atoms with Gasteiger partial charge in [-0.2, -0.15) is 0 Å². The highest BCUT2D eigenvalue weighted by Crippen LogP contribution is 2.46. The summed E-state index contributed by atoms with van der Waals surface area (Å²) < 4.78 is 40.5. The van der Waals surface area contributed by atoms with Crippen molar-refractivity contribution in [1.29, 1.82) is 0 Å². The van der Waals surface area contributed by atoms with Crippen LogP contribution in [0.1, 0.15) is 31.8 Å². The number of carbonyl (C=O) groups excluding carboxylic acids is 2. The molecule has 40 heavy (non-hydrogen) atoms. The van der Waals surface area contributed by atoms with Gasteiger partial charge in [0.1, 0.15) is 5.75 Å². The molecule has 0 atom stereocenters. The van der Waals surface area contributed by atoms with Gasteiger partial charge in [0.05, 0.1) is 41.3 Å². The zero-order valence-corrected chi connectivity index (χ0v) is 23.2. The first-order valence-electron chi connectivity index (χ1n) is 12.6. The Morgan fingerprint density at radius 1 is 0.900 bits per heavy atom. The van der Waals surface area contributed by atoms with E-state index in [1.165, 1.54) is 11.1 Å². The van der Waals surface area contributed by atoms with Crippen molar-refractivity contribution in [3.63, 3.8) is 0 Å². The number of carbonyl (C=O) groups is 2. The number of hydrogen-bond acceptors (Lipinski definition) is 6. The van der Waals surface area contributed by atoms with Crippen molar-refractivity contribution < 1.29 is 27.5 Å². The highest BCUT2D eigenvalue weighted by atomic mass is 32.2. The number of benzene rings is 4. The van der Waals surface area contributed by atoms with E-state index in [2.05, 4.69) is 0 Å². The minimum atomic E-state index is -4.22. The minimum absolute atomic E-state index is 0.0616. The Morgan fingerprint density at radius 3 is 2.23 bits per heavy atom. The fraction of sp³-hybridized carbons (Fsp3) is 0.161. The molecule has 0 unspecified atom stereocenters. The lowest BCUT2D eigenvalue weighted by Crippen LogP contribution is -2.18. The molecule has 0 spiro atoms. The molecule has 202 valence electrons. The topological polar surface area (TPSA) is 94.9 Å². The van der Waals surface area contributed by atoms with E-state index in [9.17, 15) is 18.0 Å². The molecule has 1 aliphatic heterocycles. The summed E-state index contributed by atoms with van der Waals surface area (Å²) in [5, 5.41) is 0.966. The van der Waals surface area contributed by atoms with Gasteiger partial charge in [-0.05, 0) is 48.4 Å². The Bertz CT molecular complexity index is 1960. The summed E-state index contributed by atoms with van der Waals surface area (Å²) in [6.07, 6.45) is 0. The third-order valence-corrected chi connectivity index (χ3v) is 9.18. The fourth-order valence-electron chi connectivity index (χ4n) is 5.57. The summed E-state index contributed by atoms with van der Waals surface area (Å²) >= 11 is 0. The van der Waals surface area contributed by atoms with E-state index in [0.29, 0.717) is 44.3 Å². The van der Waals surface area contributed by atoms with Crippen molar-refractivity contribution in [2.75, 3.05) is 21.3 Å². The zero-order valence-electron chi connectivity index (χ0n) is 22.4. The maximum absolute atomic E-state index is 14.4. The van der Waals surface area contributed by atoms with Crippen LogP contribution in [0, 0.1) is 6.92 Å². The number of amides is 1. The number of aromatic nitrogens is 1. The van der Waals surface area contributed by atoms with Gasteiger partial charge in [-0.25, -0.2) is 17.2 Å². The molecule has 0 N–H and O–H groups in total. The molecular formula is C31H26N2O6S. The van der Waals surface area contributed by atoms with Gasteiger partial charge in [0.15, 0.2) is 0 Å². The molecule has 5 aromatic rings. The number of nitrogens with zero attached hydrogens (tertiary/aromatic N) is 2. The normalized spacial score (nSPS) is 13.2. The lowest BCUT2D eigenvalue weighted by Gasteiger charge is -2.18. The van der Waals surface area contributed by atoms with Crippen LogP contribution >= 0.6 is 0 Å². The first-order valence-corrected chi connectivity index (χ1v) is 14.1. The molecule has 0 fully saturated rings. The smallest absolute Gasteiger partial charge is 0.340 e. The number of esters is 1. The third kappa shape index (κ3) is 3.61. The van der Waals surface area contributed by atoms with E-state index < -0.39 is 16.0 Å². The Balaban J connectivity index is 1.88. The second-order valence-electron chi connectivity index (χ2n) is 9.81. The van der Waals surface area contributed by atoms with Crippen molar-refractivity contribution in [3.8, 4) is 16.9 Å². The zero-order chi connectivity index (χ0) is 28.3. The van der Waals surface area contributed by atoms with E-state index in [1.807, 2.05) is 6.92 Å². The molecular weight excluding hydrogens is 528 g/mol. The van der Waals surface area contributed by atoms with Crippen molar-refractivity contribution >= 4 is 43.7 Å². The Labute approximate surface area is 231 Å². The maximum atomic E-state index is 14.4. The van der Waals surface area contributed by atoms with Crippen molar-refractivity contribution in [1.82, 2.24) is 8.87 Å². The number of hydrogen-bond donors (Lipinski definition) is 0. The Morgan fingerprint density at radius 2 is 1.57 bits per heavy atom. The van der Waals surface area contributed by atoms with Gasteiger partial charge in [-0.15, -0.1) is 0 Å². The number of para-hydroxylation sites is 1. The van der Waals surface area contributed by atoms with E-state index in [1.54, 1.807) is 91.9 Å². The number of fused-ring (bicyclic) bond motifs is 5. The molecule has 8 nitrogen and oxygen atoms in total. The summed E-state index contributed by atoms with van der Waals surface area (Å²) in [5.41, 5.74) is 3.57. The molecule has 0 bridgehead atoms. The molecule has 1 amide bonds. The molecule has 4 aromatic carbocycles. The van der Waals surface area contributed by atoms with Gasteiger partial charge in [0, 0.05) is 29.9 Å². The first kappa shape index (κ1) is 25.6. The van der Waals surface area contributed by atoms with Crippen LogP contribution in [0.25, 0.3) is 32.9 Å². The monoisotopic (exact) mass is 554 g/mol. The number of rotatable bonds is 5. The minimum Gasteiger partial charge on any atom is -0.497 e. The predicted octanol–water partition coefficient (Wildman–Crippen LogP) is 5.39. The third-order valence-electron chi connectivity index (χ3n) is 7.46. The van der Waals surface area contributed by atoms with Crippen molar-refractivity contribution in [3.05, 3.63) is 95.1 Å². The van der Waals surface area contributed by atoms with Crippen LogP contribution in [0.5, 0.6) is 5.75 Å². The first-order chi connectivity index (χ1) is 19.2. The average molecular weight is 555 g/mol. The van der Waals surface area contributed by atoms with Crippen LogP contribution in [0.2, 0.25) is 0 Å². The van der Waals surface area contributed by atoms with E-state index >= 15 is 0 Å². The standard InChI is InChI=1S/C31H26N2O6S/c1-18-9-15-21(16-10-18)40(36,37)33-24-8-6-5-7-22(24)26-27-23(17-32(2)30(27)34)25(28(29(26)33)31(35)39-4)19-11-13-20(38-3)14-12-19/h5-16H,17H2,1-4H3. The molecule has 0 aliphatic carbocycles. The van der Waals surface area contributed by atoms with E-state index in [4.69, 9.17) is 9.47 Å². The lowest BCUT2D eigenvalue weighted by atomic mass is 9.88. The van der Waals surface area contributed by atoms with Gasteiger partial charge in [0.25, 0.3) is 15.9 Å². The van der Waals surface area contributed by atoms with Crippen molar-refractivity contribution in [2.24, 2.45) is 0 Å². The van der Waals surface area contributed by atoms with Crippen molar-refractivity contribution in [2.45, 2.75) is 18.4 Å². The summed E-state index contributed by atoms with van der Waals surface area (Å²) in [5.74, 6) is -0.337. The van der Waals surface area contributed by atoms with Crippen LogP contribution in [0.3, 0.4) is 0 Å². The molecule has 1 aromatic heterocycles.